The number of carbonyl (C=O) groups excluding carboxylic acids is 1. The van der Waals surface area contributed by atoms with E-state index in [1.165, 1.54) is 25.1 Å². The molecule has 2 aromatic rings. The van der Waals surface area contributed by atoms with Crippen LogP contribution < -0.4 is 4.72 Å². The maximum atomic E-state index is 13.7. The molecule has 0 radical (unpaired) electrons. The van der Waals surface area contributed by atoms with Crippen molar-refractivity contribution in [3.63, 3.8) is 0 Å². The van der Waals surface area contributed by atoms with Gasteiger partial charge in [-0.25, -0.2) is 12.8 Å². The first-order valence-electron chi connectivity index (χ1n) is 7.95. The van der Waals surface area contributed by atoms with Gasteiger partial charge in [-0.1, -0.05) is 24.3 Å². The smallest absolute Gasteiger partial charge is 0.237 e. The largest absolute Gasteiger partial charge is 0.338 e. The van der Waals surface area contributed by atoms with Crippen molar-refractivity contribution in [2.24, 2.45) is 0 Å². The lowest BCUT2D eigenvalue weighted by Crippen LogP contribution is -2.34. The molecule has 132 valence electrons. The van der Waals surface area contributed by atoms with Gasteiger partial charge in [0.2, 0.25) is 15.9 Å². The van der Waals surface area contributed by atoms with Gasteiger partial charge >= 0.3 is 0 Å². The quantitative estimate of drug-likeness (QED) is 0.909. The second-order valence-electron chi connectivity index (χ2n) is 6.13. The summed E-state index contributed by atoms with van der Waals surface area (Å²) < 4.78 is 40.8. The summed E-state index contributed by atoms with van der Waals surface area (Å²) in [6, 6.07) is 11.1. The predicted molar refractivity (Wildman–Crippen MR) is 93.9 cm³/mol. The van der Waals surface area contributed by atoms with Crippen molar-refractivity contribution < 1.29 is 17.6 Å². The maximum absolute atomic E-state index is 13.7. The summed E-state index contributed by atoms with van der Waals surface area (Å²) in [5.74, 6) is -0.984. The minimum Gasteiger partial charge on any atom is -0.338 e. The first kappa shape index (κ1) is 17.4. The fourth-order valence-corrected chi connectivity index (χ4v) is 4.13. The molecule has 1 heterocycles. The van der Waals surface area contributed by atoms with Crippen LogP contribution >= 0.6 is 0 Å². The summed E-state index contributed by atoms with van der Waals surface area (Å²) in [4.78, 5) is 13.3. The van der Waals surface area contributed by atoms with E-state index in [2.05, 4.69) is 4.72 Å². The molecule has 0 spiro atoms. The van der Waals surface area contributed by atoms with Crippen molar-refractivity contribution in [3.05, 3.63) is 65.0 Å². The number of hydrogen-bond acceptors (Lipinski definition) is 3. The third kappa shape index (κ3) is 4.17. The second-order valence-corrected chi connectivity index (χ2v) is 7.85. The molecule has 5 nitrogen and oxygen atoms in total. The number of carbonyl (C=O) groups is 1. The van der Waals surface area contributed by atoms with E-state index in [9.17, 15) is 17.6 Å². The van der Waals surface area contributed by atoms with Crippen LogP contribution in [0.25, 0.3) is 0 Å². The lowest BCUT2D eigenvalue weighted by molar-refractivity contribution is -0.129. The molecule has 0 unspecified atom stereocenters. The number of benzene rings is 2. The van der Waals surface area contributed by atoms with E-state index in [0.29, 0.717) is 18.8 Å². The Bertz CT molecular complexity index is 912. The average molecular weight is 362 g/mol. The molecule has 3 rings (SSSR count). The molecule has 0 aliphatic carbocycles. The summed E-state index contributed by atoms with van der Waals surface area (Å²) in [5.41, 5.74) is 2.57. The number of nitrogens with zero attached hydrogens (tertiary/aromatic N) is 1. The first-order chi connectivity index (χ1) is 11.8. The molecule has 0 saturated carbocycles. The van der Waals surface area contributed by atoms with E-state index in [-0.39, 0.29) is 11.5 Å². The molecule has 2 aromatic carbocycles. The van der Waals surface area contributed by atoms with Crippen LogP contribution in [0.15, 0.2) is 42.5 Å². The summed E-state index contributed by atoms with van der Waals surface area (Å²) in [6.45, 7) is 2.65. The number of fused-ring (bicyclic) bond motifs is 1. The Morgan fingerprint density at radius 3 is 2.68 bits per heavy atom. The van der Waals surface area contributed by atoms with Crippen molar-refractivity contribution in [1.82, 2.24) is 4.90 Å². The highest BCUT2D eigenvalue weighted by Crippen LogP contribution is 2.24. The van der Waals surface area contributed by atoms with Gasteiger partial charge in [0, 0.05) is 31.3 Å². The molecule has 1 aliphatic heterocycles. The number of hydrogen-bond donors (Lipinski definition) is 1. The maximum Gasteiger partial charge on any atom is 0.237 e. The normalized spacial score (nSPS) is 14.1. The molecule has 0 fully saturated rings. The van der Waals surface area contributed by atoms with Gasteiger partial charge in [-0.15, -0.1) is 0 Å². The lowest BCUT2D eigenvalue weighted by Gasteiger charge is -2.28. The standard InChI is InChI=1S/C18H19FN2O3S/c1-13(22)21-9-8-14-6-7-17(10-16(14)11-21)20-25(23,24)12-15-4-2-3-5-18(15)19/h2-7,10,20H,8-9,11-12H2,1H3. The Morgan fingerprint density at radius 2 is 1.96 bits per heavy atom. The van der Waals surface area contributed by atoms with Crippen LogP contribution in [0.5, 0.6) is 0 Å². The molecule has 0 aromatic heterocycles. The van der Waals surface area contributed by atoms with Crippen molar-refractivity contribution in [2.45, 2.75) is 25.6 Å². The van der Waals surface area contributed by atoms with E-state index < -0.39 is 21.6 Å². The van der Waals surface area contributed by atoms with Crippen molar-refractivity contribution in [2.75, 3.05) is 11.3 Å². The van der Waals surface area contributed by atoms with E-state index >= 15 is 0 Å². The van der Waals surface area contributed by atoms with Gasteiger partial charge in [0.25, 0.3) is 0 Å². The van der Waals surface area contributed by atoms with Gasteiger partial charge in [0.15, 0.2) is 0 Å². The lowest BCUT2D eigenvalue weighted by atomic mass is 9.99. The topological polar surface area (TPSA) is 66.5 Å². The minimum atomic E-state index is -3.74. The Kier molecular flexibility index (Phi) is 4.76. The molecule has 0 bridgehead atoms. The first-order valence-corrected chi connectivity index (χ1v) is 9.60. The third-order valence-corrected chi connectivity index (χ3v) is 5.48. The highest BCUT2D eigenvalue weighted by atomic mass is 32.2. The zero-order valence-corrected chi connectivity index (χ0v) is 14.6. The zero-order valence-electron chi connectivity index (χ0n) is 13.8. The zero-order chi connectivity index (χ0) is 18.0. The number of nitrogens with one attached hydrogen (secondary N) is 1. The van der Waals surface area contributed by atoms with E-state index in [0.717, 1.165) is 17.5 Å². The van der Waals surface area contributed by atoms with Gasteiger partial charge in [0.1, 0.15) is 5.82 Å². The van der Waals surface area contributed by atoms with Crippen LogP contribution in [-0.2, 0) is 33.5 Å². The molecule has 25 heavy (non-hydrogen) atoms. The number of anilines is 1. The van der Waals surface area contributed by atoms with Crippen LogP contribution in [-0.4, -0.2) is 25.8 Å². The van der Waals surface area contributed by atoms with Crippen molar-refractivity contribution >= 4 is 21.6 Å². The molecule has 1 N–H and O–H groups in total. The fourth-order valence-electron chi connectivity index (χ4n) is 2.93. The summed E-state index contributed by atoms with van der Waals surface area (Å²) >= 11 is 0. The Morgan fingerprint density at radius 1 is 1.20 bits per heavy atom. The SMILES string of the molecule is CC(=O)N1CCc2ccc(NS(=O)(=O)Cc3ccccc3F)cc2C1. The number of amides is 1. The molecule has 0 saturated heterocycles. The van der Waals surface area contributed by atoms with Crippen LogP contribution in [0, 0.1) is 5.82 Å². The monoisotopic (exact) mass is 362 g/mol. The molecule has 7 heteroatoms. The van der Waals surface area contributed by atoms with Crippen LogP contribution in [0.1, 0.15) is 23.6 Å². The third-order valence-electron chi connectivity index (χ3n) is 4.24. The molecular formula is C18H19FN2O3S. The van der Waals surface area contributed by atoms with E-state index in [1.807, 2.05) is 6.07 Å². The number of rotatable bonds is 4. The van der Waals surface area contributed by atoms with Gasteiger partial charge in [0.05, 0.1) is 5.75 Å². The van der Waals surface area contributed by atoms with Crippen LogP contribution in [0.2, 0.25) is 0 Å². The van der Waals surface area contributed by atoms with E-state index in [1.54, 1.807) is 23.1 Å². The highest BCUT2D eigenvalue weighted by molar-refractivity contribution is 7.91. The number of sulfonamides is 1. The Hall–Kier alpha value is -2.41. The highest BCUT2D eigenvalue weighted by Gasteiger charge is 2.20. The van der Waals surface area contributed by atoms with Crippen LogP contribution in [0.3, 0.4) is 0 Å². The van der Waals surface area contributed by atoms with Gasteiger partial charge < -0.3 is 4.90 Å². The van der Waals surface area contributed by atoms with Crippen molar-refractivity contribution in [3.8, 4) is 0 Å². The fraction of sp³-hybridized carbons (Fsp3) is 0.278. The minimum absolute atomic E-state index is 0.00353. The summed E-state index contributed by atoms with van der Waals surface area (Å²) in [5, 5.41) is 0. The molecule has 0 atom stereocenters. The second kappa shape index (κ2) is 6.84. The van der Waals surface area contributed by atoms with E-state index in [4.69, 9.17) is 0 Å². The average Bonchev–Trinajstić information content (AvgIpc) is 2.55. The van der Waals surface area contributed by atoms with Gasteiger partial charge in [-0.2, -0.15) is 0 Å². The summed E-state index contributed by atoms with van der Waals surface area (Å²) in [6.07, 6.45) is 0.747. The Labute approximate surface area is 146 Å². The molecule has 1 aliphatic rings. The molecular weight excluding hydrogens is 343 g/mol. The molecule has 1 amide bonds. The van der Waals surface area contributed by atoms with Gasteiger partial charge in [-0.05, 0) is 35.7 Å². The van der Waals surface area contributed by atoms with Gasteiger partial charge in [-0.3, -0.25) is 9.52 Å². The Balaban J connectivity index is 1.78. The van der Waals surface area contributed by atoms with Crippen molar-refractivity contribution in [1.29, 1.82) is 0 Å². The number of halogens is 1. The summed E-state index contributed by atoms with van der Waals surface area (Å²) in [7, 11) is -3.74. The predicted octanol–water partition coefficient (Wildman–Crippen LogP) is 2.67. The van der Waals surface area contributed by atoms with Crippen LogP contribution in [0.4, 0.5) is 10.1 Å².